The molecule has 1 aliphatic rings. The molecule has 1 aromatic rings. The van der Waals surface area contributed by atoms with Crippen molar-refractivity contribution in [3.05, 3.63) is 33.9 Å². The molecule has 0 saturated carbocycles. The van der Waals surface area contributed by atoms with E-state index >= 15 is 0 Å². The summed E-state index contributed by atoms with van der Waals surface area (Å²) in [5.74, 6) is 0.646. The highest BCUT2D eigenvalue weighted by Crippen LogP contribution is 2.26. The lowest BCUT2D eigenvalue weighted by Crippen LogP contribution is -2.34. The maximum absolute atomic E-state index is 11.1. The van der Waals surface area contributed by atoms with Gasteiger partial charge in [0.15, 0.2) is 0 Å². The molecule has 1 aliphatic heterocycles. The third-order valence-electron chi connectivity index (χ3n) is 4.04. The summed E-state index contributed by atoms with van der Waals surface area (Å²) in [5.41, 5.74) is 1.69. The molecule has 0 amide bonds. The van der Waals surface area contributed by atoms with Gasteiger partial charge in [-0.05, 0) is 43.5 Å². The fraction of sp³-hybridized carbons (Fsp3) is 0.600. The molecule has 1 heterocycles. The first-order valence-corrected chi connectivity index (χ1v) is 7.30. The molecule has 1 fully saturated rings. The molecule has 1 saturated heterocycles. The Labute approximate surface area is 125 Å². The summed E-state index contributed by atoms with van der Waals surface area (Å²) in [6.45, 7) is 3.64. The van der Waals surface area contributed by atoms with Gasteiger partial charge >= 0.3 is 0 Å². The number of anilines is 1. The predicted molar refractivity (Wildman–Crippen MR) is 82.5 cm³/mol. The van der Waals surface area contributed by atoms with Crippen molar-refractivity contribution >= 4 is 11.4 Å². The highest BCUT2D eigenvalue weighted by Gasteiger charge is 2.20. The van der Waals surface area contributed by atoms with Gasteiger partial charge in [0.05, 0.1) is 4.92 Å². The Morgan fingerprint density at radius 3 is 2.71 bits per heavy atom. The molecule has 2 rings (SSSR count). The third-order valence-corrected chi connectivity index (χ3v) is 4.04. The van der Waals surface area contributed by atoms with Crippen molar-refractivity contribution < 1.29 is 9.66 Å². The van der Waals surface area contributed by atoms with E-state index in [-0.39, 0.29) is 10.6 Å². The Morgan fingerprint density at radius 2 is 2.14 bits per heavy atom. The molecule has 6 nitrogen and oxygen atoms in total. The molecule has 0 aliphatic carbocycles. The Hall–Kier alpha value is -1.66. The number of nitro groups is 1. The maximum atomic E-state index is 11.1. The van der Waals surface area contributed by atoms with E-state index in [1.54, 1.807) is 26.3 Å². The molecule has 0 spiro atoms. The molecule has 1 N–H and O–H groups in total. The van der Waals surface area contributed by atoms with Gasteiger partial charge in [0.25, 0.3) is 5.69 Å². The smallest absolute Gasteiger partial charge is 0.292 e. The van der Waals surface area contributed by atoms with Crippen molar-refractivity contribution in [3.63, 3.8) is 0 Å². The minimum absolute atomic E-state index is 0.143. The lowest BCUT2D eigenvalue weighted by molar-refractivity contribution is -0.384. The Bertz CT molecular complexity index is 485. The summed E-state index contributed by atoms with van der Waals surface area (Å²) in [6.07, 6.45) is 2.26. The minimum atomic E-state index is -0.333. The molecule has 21 heavy (non-hydrogen) atoms. The van der Waals surface area contributed by atoms with Gasteiger partial charge in [-0.2, -0.15) is 0 Å². The van der Waals surface area contributed by atoms with Crippen LogP contribution in [0.3, 0.4) is 0 Å². The summed E-state index contributed by atoms with van der Waals surface area (Å²) in [5, 5.41) is 13.9. The lowest BCUT2D eigenvalue weighted by Gasteiger charge is -2.31. The quantitative estimate of drug-likeness (QED) is 0.644. The zero-order chi connectivity index (χ0) is 15.2. The van der Waals surface area contributed by atoms with Gasteiger partial charge in [0.2, 0.25) is 0 Å². The van der Waals surface area contributed by atoms with Gasteiger partial charge in [-0.15, -0.1) is 0 Å². The Kier molecular flexibility index (Phi) is 5.52. The molecule has 0 radical (unpaired) electrons. The van der Waals surface area contributed by atoms with Gasteiger partial charge in [-0.3, -0.25) is 15.0 Å². The zero-order valence-corrected chi connectivity index (χ0v) is 12.7. The van der Waals surface area contributed by atoms with Crippen molar-refractivity contribution in [1.29, 1.82) is 0 Å². The van der Waals surface area contributed by atoms with Crippen LogP contribution in [-0.2, 0) is 11.3 Å². The summed E-state index contributed by atoms with van der Waals surface area (Å²) in [6, 6.07) is 5.41. The number of nitrogens with zero attached hydrogens (tertiary/aromatic N) is 2. The second kappa shape index (κ2) is 7.38. The van der Waals surface area contributed by atoms with Crippen LogP contribution in [0, 0.1) is 16.0 Å². The van der Waals surface area contributed by atoms with Crippen molar-refractivity contribution in [2.45, 2.75) is 19.4 Å². The van der Waals surface area contributed by atoms with E-state index in [1.165, 1.54) is 0 Å². The van der Waals surface area contributed by atoms with Crippen LogP contribution < -0.4 is 5.32 Å². The fourth-order valence-corrected chi connectivity index (χ4v) is 2.84. The van der Waals surface area contributed by atoms with Gasteiger partial charge in [0, 0.05) is 33.4 Å². The molecule has 0 unspecified atom stereocenters. The average Bonchev–Trinajstić information content (AvgIpc) is 2.49. The fourth-order valence-electron chi connectivity index (χ4n) is 2.84. The number of nitrogens with one attached hydrogen (secondary N) is 1. The van der Waals surface area contributed by atoms with Crippen molar-refractivity contribution in [2.24, 2.45) is 5.92 Å². The van der Waals surface area contributed by atoms with Crippen molar-refractivity contribution in [1.82, 2.24) is 4.90 Å². The predicted octanol–water partition coefficient (Wildman–Crippen LogP) is 2.49. The van der Waals surface area contributed by atoms with Gasteiger partial charge in [-0.1, -0.05) is 6.07 Å². The zero-order valence-electron chi connectivity index (χ0n) is 12.7. The number of ether oxygens (including phenoxy) is 1. The van der Waals surface area contributed by atoms with Gasteiger partial charge < -0.3 is 10.1 Å². The van der Waals surface area contributed by atoms with E-state index < -0.39 is 0 Å². The molecule has 0 atom stereocenters. The summed E-state index contributed by atoms with van der Waals surface area (Å²) >= 11 is 0. The summed E-state index contributed by atoms with van der Waals surface area (Å²) in [4.78, 5) is 13.1. The van der Waals surface area contributed by atoms with Gasteiger partial charge in [0.1, 0.15) is 5.69 Å². The summed E-state index contributed by atoms with van der Waals surface area (Å²) < 4.78 is 5.20. The van der Waals surface area contributed by atoms with E-state index in [4.69, 9.17) is 4.74 Å². The first kappa shape index (κ1) is 15.7. The SMILES string of the molecule is CNc1ccc(CN2CCC(COC)CC2)cc1[N+](=O)[O-]. The largest absolute Gasteiger partial charge is 0.384 e. The van der Waals surface area contributed by atoms with Gasteiger partial charge in [-0.25, -0.2) is 0 Å². The second-order valence-electron chi connectivity index (χ2n) is 5.53. The second-order valence-corrected chi connectivity index (χ2v) is 5.53. The number of hydrogen-bond donors (Lipinski definition) is 1. The number of methoxy groups -OCH3 is 1. The normalized spacial score (nSPS) is 16.9. The number of piperidine rings is 1. The third kappa shape index (κ3) is 4.15. The van der Waals surface area contributed by atoms with E-state index in [2.05, 4.69) is 10.2 Å². The molecular formula is C15H23N3O3. The topological polar surface area (TPSA) is 67.6 Å². The Balaban J connectivity index is 1.97. The van der Waals surface area contributed by atoms with Crippen molar-refractivity contribution in [2.75, 3.05) is 39.2 Å². The van der Waals surface area contributed by atoms with Crippen LogP contribution in [0.5, 0.6) is 0 Å². The van der Waals surface area contributed by atoms with Crippen molar-refractivity contribution in [3.8, 4) is 0 Å². The van der Waals surface area contributed by atoms with Crippen LogP contribution in [-0.4, -0.2) is 43.7 Å². The number of hydrogen-bond acceptors (Lipinski definition) is 5. The standard InChI is InChI=1S/C15H23N3O3/c1-16-14-4-3-13(9-15(14)18(19)20)10-17-7-5-12(6-8-17)11-21-2/h3-4,9,12,16H,5-8,10-11H2,1-2H3. The van der Waals surface area contributed by atoms with Crippen LogP contribution in [0.1, 0.15) is 18.4 Å². The molecule has 0 bridgehead atoms. The first-order valence-electron chi connectivity index (χ1n) is 7.30. The monoisotopic (exact) mass is 293 g/mol. The highest BCUT2D eigenvalue weighted by molar-refractivity contribution is 5.62. The number of nitro benzene ring substituents is 1. The van der Waals surface area contributed by atoms with E-state index in [1.807, 2.05) is 6.07 Å². The lowest BCUT2D eigenvalue weighted by atomic mass is 9.97. The van der Waals surface area contributed by atoms with E-state index in [0.29, 0.717) is 11.6 Å². The molecule has 6 heteroatoms. The average molecular weight is 293 g/mol. The van der Waals surface area contributed by atoms with Crippen LogP contribution >= 0.6 is 0 Å². The van der Waals surface area contributed by atoms with E-state index in [9.17, 15) is 10.1 Å². The molecule has 1 aromatic carbocycles. The first-order chi connectivity index (χ1) is 10.1. The highest BCUT2D eigenvalue weighted by atomic mass is 16.6. The minimum Gasteiger partial charge on any atom is -0.384 e. The van der Waals surface area contributed by atoms with E-state index in [0.717, 1.165) is 44.6 Å². The molecular weight excluding hydrogens is 270 g/mol. The number of rotatable bonds is 6. The van der Waals surface area contributed by atoms with Crippen LogP contribution in [0.2, 0.25) is 0 Å². The maximum Gasteiger partial charge on any atom is 0.292 e. The number of benzene rings is 1. The van der Waals surface area contributed by atoms with Crippen LogP contribution in [0.25, 0.3) is 0 Å². The van der Waals surface area contributed by atoms with Crippen LogP contribution in [0.4, 0.5) is 11.4 Å². The molecule has 116 valence electrons. The number of likely N-dealkylation sites (tertiary alicyclic amines) is 1. The Morgan fingerprint density at radius 1 is 1.43 bits per heavy atom. The van der Waals surface area contributed by atoms with Crippen LogP contribution in [0.15, 0.2) is 18.2 Å². The summed E-state index contributed by atoms with van der Waals surface area (Å²) in [7, 11) is 3.44. The molecule has 0 aromatic heterocycles.